The van der Waals surface area contributed by atoms with E-state index in [0.29, 0.717) is 35.5 Å². The third-order valence-corrected chi connectivity index (χ3v) is 5.65. The number of benzene rings is 1. The van der Waals surface area contributed by atoms with Gasteiger partial charge in [0.1, 0.15) is 35.8 Å². The van der Waals surface area contributed by atoms with Crippen molar-refractivity contribution in [2.24, 2.45) is 0 Å². The number of rotatable bonds is 4. The molecule has 1 aliphatic heterocycles. The number of ether oxygens (including phenoxy) is 1. The van der Waals surface area contributed by atoms with E-state index in [9.17, 15) is 10.2 Å². The number of pyridine rings is 1. The SMILES string of the molecule is Nc1ccc2ccc(CC[C@H]3O[C@@H](n4ccc5c(N)ncnc54)[C@H](O)[C@@H]3O)cc2n1. The molecular weight excluding hydrogens is 384 g/mol. The van der Waals surface area contributed by atoms with Crippen molar-refractivity contribution in [3.05, 3.63) is 54.5 Å². The molecule has 4 aromatic rings. The van der Waals surface area contributed by atoms with Crippen LogP contribution in [-0.2, 0) is 11.2 Å². The van der Waals surface area contributed by atoms with Gasteiger partial charge in [-0.05, 0) is 42.7 Å². The van der Waals surface area contributed by atoms with Gasteiger partial charge in [-0.25, -0.2) is 15.0 Å². The van der Waals surface area contributed by atoms with Gasteiger partial charge >= 0.3 is 0 Å². The van der Waals surface area contributed by atoms with Gasteiger partial charge in [-0.1, -0.05) is 12.1 Å². The fourth-order valence-corrected chi connectivity index (χ4v) is 4.04. The first-order valence-corrected chi connectivity index (χ1v) is 9.75. The van der Waals surface area contributed by atoms with Crippen LogP contribution in [0, 0.1) is 0 Å². The minimum absolute atomic E-state index is 0.355. The van der Waals surface area contributed by atoms with Crippen molar-refractivity contribution in [2.75, 3.05) is 11.5 Å². The zero-order valence-electron chi connectivity index (χ0n) is 16.1. The van der Waals surface area contributed by atoms with E-state index in [1.54, 1.807) is 22.9 Å². The van der Waals surface area contributed by atoms with E-state index in [1.807, 2.05) is 24.3 Å². The summed E-state index contributed by atoms with van der Waals surface area (Å²) in [6.07, 6.45) is 0.928. The number of aliphatic hydroxyl groups is 2. The van der Waals surface area contributed by atoms with Crippen LogP contribution in [0.3, 0.4) is 0 Å². The monoisotopic (exact) mass is 406 g/mol. The maximum Gasteiger partial charge on any atom is 0.164 e. The van der Waals surface area contributed by atoms with Gasteiger partial charge in [0.15, 0.2) is 6.23 Å². The van der Waals surface area contributed by atoms with Gasteiger partial charge in [-0.2, -0.15) is 0 Å². The van der Waals surface area contributed by atoms with Crippen LogP contribution in [0.5, 0.6) is 0 Å². The Labute approximate surface area is 171 Å². The second-order valence-electron chi connectivity index (χ2n) is 7.57. The Hall–Kier alpha value is -3.27. The predicted octanol–water partition coefficient (Wildman–Crippen LogP) is 1.40. The van der Waals surface area contributed by atoms with E-state index in [4.69, 9.17) is 16.2 Å². The number of hydrogen-bond acceptors (Lipinski definition) is 8. The Morgan fingerprint density at radius 1 is 1.03 bits per heavy atom. The van der Waals surface area contributed by atoms with Gasteiger partial charge in [0.25, 0.3) is 0 Å². The van der Waals surface area contributed by atoms with Gasteiger partial charge in [-0.15, -0.1) is 0 Å². The van der Waals surface area contributed by atoms with E-state index in [1.165, 1.54) is 6.33 Å². The minimum atomic E-state index is -1.08. The Kier molecular flexibility index (Phi) is 4.50. The number of nitrogen functional groups attached to an aromatic ring is 2. The lowest BCUT2D eigenvalue weighted by Crippen LogP contribution is -2.31. The predicted molar refractivity (Wildman–Crippen MR) is 112 cm³/mol. The molecule has 1 aromatic carbocycles. The second kappa shape index (κ2) is 7.21. The van der Waals surface area contributed by atoms with Crippen molar-refractivity contribution in [3.8, 4) is 0 Å². The Morgan fingerprint density at radius 2 is 1.87 bits per heavy atom. The lowest BCUT2D eigenvalue weighted by atomic mass is 10.0. The molecule has 1 fully saturated rings. The number of aryl methyl sites for hydroxylation is 1. The first kappa shape index (κ1) is 18.7. The molecule has 0 aliphatic carbocycles. The summed E-state index contributed by atoms with van der Waals surface area (Å²) < 4.78 is 7.72. The molecule has 9 heteroatoms. The number of hydrogen-bond donors (Lipinski definition) is 4. The van der Waals surface area contributed by atoms with Crippen molar-refractivity contribution >= 4 is 33.6 Å². The summed E-state index contributed by atoms with van der Waals surface area (Å²) in [5, 5.41) is 22.9. The summed E-state index contributed by atoms with van der Waals surface area (Å²) in [4.78, 5) is 12.6. The van der Waals surface area contributed by atoms with Crippen LogP contribution in [0.4, 0.5) is 11.6 Å². The standard InChI is InChI=1S/C21H22N6O3/c22-16-6-4-12-3-1-11(9-14(12)26-16)2-5-15-17(28)18(29)21(30-15)27-8-7-13-19(23)24-10-25-20(13)27/h1,3-4,6-10,15,17-18,21,28-29H,2,5H2,(H2,22,26)(H2,23,24,25)/t15-,17-,18-,21-/m1/s1. The molecule has 4 heterocycles. The van der Waals surface area contributed by atoms with E-state index in [-0.39, 0.29) is 0 Å². The van der Waals surface area contributed by atoms with Gasteiger partial charge < -0.3 is 31.0 Å². The van der Waals surface area contributed by atoms with Crippen LogP contribution in [0.15, 0.2) is 48.9 Å². The van der Waals surface area contributed by atoms with E-state index in [0.717, 1.165) is 16.5 Å². The van der Waals surface area contributed by atoms with Gasteiger partial charge in [0.2, 0.25) is 0 Å². The minimum Gasteiger partial charge on any atom is -0.388 e. The molecule has 0 spiro atoms. The van der Waals surface area contributed by atoms with Gasteiger partial charge in [0, 0.05) is 11.6 Å². The number of nitrogens with zero attached hydrogens (tertiary/aromatic N) is 4. The van der Waals surface area contributed by atoms with Crippen molar-refractivity contribution in [1.82, 2.24) is 19.5 Å². The summed E-state index contributed by atoms with van der Waals surface area (Å²) in [7, 11) is 0. The maximum atomic E-state index is 10.6. The summed E-state index contributed by atoms with van der Waals surface area (Å²) in [5.74, 6) is 0.831. The Morgan fingerprint density at radius 3 is 2.73 bits per heavy atom. The molecular formula is C21H22N6O3. The van der Waals surface area contributed by atoms with Crippen LogP contribution in [0.25, 0.3) is 21.9 Å². The number of anilines is 2. The number of aromatic nitrogens is 4. The molecule has 6 N–H and O–H groups in total. The molecule has 0 radical (unpaired) electrons. The fourth-order valence-electron chi connectivity index (χ4n) is 4.04. The molecule has 30 heavy (non-hydrogen) atoms. The molecule has 9 nitrogen and oxygen atoms in total. The number of fused-ring (bicyclic) bond motifs is 2. The van der Waals surface area contributed by atoms with Gasteiger partial charge in [0.05, 0.1) is 17.0 Å². The van der Waals surface area contributed by atoms with Crippen LogP contribution >= 0.6 is 0 Å². The second-order valence-corrected chi connectivity index (χ2v) is 7.57. The first-order valence-electron chi connectivity index (χ1n) is 9.75. The molecule has 1 saturated heterocycles. The topological polar surface area (TPSA) is 145 Å². The van der Waals surface area contributed by atoms with Crippen molar-refractivity contribution in [2.45, 2.75) is 37.4 Å². The zero-order valence-corrected chi connectivity index (χ0v) is 16.1. The third-order valence-electron chi connectivity index (χ3n) is 5.65. The largest absolute Gasteiger partial charge is 0.388 e. The highest BCUT2D eigenvalue weighted by molar-refractivity contribution is 5.86. The van der Waals surface area contributed by atoms with E-state index in [2.05, 4.69) is 15.0 Å². The number of nitrogens with two attached hydrogens (primary N) is 2. The molecule has 3 aromatic heterocycles. The lowest BCUT2D eigenvalue weighted by Gasteiger charge is -2.17. The molecule has 0 bridgehead atoms. The quantitative estimate of drug-likeness (QED) is 0.398. The van der Waals surface area contributed by atoms with E-state index >= 15 is 0 Å². The fraction of sp³-hybridized carbons (Fsp3) is 0.286. The van der Waals surface area contributed by atoms with Crippen molar-refractivity contribution in [1.29, 1.82) is 0 Å². The number of aliphatic hydroxyl groups excluding tert-OH is 2. The summed E-state index contributed by atoms with van der Waals surface area (Å²) in [6, 6.07) is 11.5. The van der Waals surface area contributed by atoms with Crippen molar-refractivity contribution in [3.63, 3.8) is 0 Å². The molecule has 5 rings (SSSR count). The highest BCUT2D eigenvalue weighted by Crippen LogP contribution is 2.34. The molecule has 4 atom stereocenters. The average molecular weight is 406 g/mol. The van der Waals surface area contributed by atoms with Crippen LogP contribution in [0.2, 0.25) is 0 Å². The highest BCUT2D eigenvalue weighted by Gasteiger charge is 2.43. The summed E-state index contributed by atoms with van der Waals surface area (Å²) >= 11 is 0. The third kappa shape index (κ3) is 3.13. The van der Waals surface area contributed by atoms with E-state index < -0.39 is 24.5 Å². The maximum absolute atomic E-state index is 10.6. The van der Waals surface area contributed by atoms with Gasteiger partial charge in [-0.3, -0.25) is 0 Å². The lowest BCUT2D eigenvalue weighted by molar-refractivity contribution is -0.0364. The van der Waals surface area contributed by atoms with Crippen molar-refractivity contribution < 1.29 is 14.9 Å². The zero-order chi connectivity index (χ0) is 20.8. The molecule has 154 valence electrons. The average Bonchev–Trinajstić information content (AvgIpc) is 3.29. The smallest absolute Gasteiger partial charge is 0.164 e. The van der Waals surface area contributed by atoms with Crippen LogP contribution < -0.4 is 11.5 Å². The Balaban J connectivity index is 1.34. The summed E-state index contributed by atoms with van der Waals surface area (Å²) in [6.45, 7) is 0. The molecule has 0 amide bonds. The molecule has 1 aliphatic rings. The summed E-state index contributed by atoms with van der Waals surface area (Å²) in [5.41, 5.74) is 14.1. The molecule has 0 unspecified atom stereocenters. The normalized spacial score (nSPS) is 24.1. The highest BCUT2D eigenvalue weighted by atomic mass is 16.6. The molecule has 0 saturated carbocycles. The Bertz CT molecular complexity index is 1230. The first-order chi connectivity index (χ1) is 14.5. The van der Waals surface area contributed by atoms with Crippen LogP contribution in [-0.4, -0.2) is 48.0 Å². The van der Waals surface area contributed by atoms with Crippen LogP contribution in [0.1, 0.15) is 18.2 Å².